The summed E-state index contributed by atoms with van der Waals surface area (Å²) < 4.78 is 0. The van der Waals surface area contributed by atoms with Gasteiger partial charge in [0, 0.05) is 0 Å². The molecule has 0 amide bonds. The topological polar surface area (TPSA) is 23.1 Å². The average Bonchev–Trinajstić information content (AvgIpc) is 1.79. The Kier molecular flexibility index (Phi) is 7.30. The molecule has 0 aromatic carbocycles. The Morgan fingerprint density at radius 1 is 0.800 bits per heavy atom. The Bertz CT molecular complexity index is 67.7. The van der Waals surface area contributed by atoms with Crippen molar-refractivity contribution in [1.82, 2.24) is 0 Å². The van der Waals surface area contributed by atoms with Gasteiger partial charge in [-0.2, -0.15) is 0 Å². The summed E-state index contributed by atoms with van der Waals surface area (Å²) in [6.07, 6.45) is 7.91. The van der Waals surface area contributed by atoms with Crippen LogP contribution < -0.4 is 34.7 Å². The molecule has 0 unspecified atom stereocenters. The van der Waals surface area contributed by atoms with Gasteiger partial charge in [-0.05, 0) is 0 Å². The Balaban J connectivity index is 0.000000810. The molecule has 1 aliphatic rings. The molecule has 2 heteroatoms. The third-order valence-electron chi connectivity index (χ3n) is 2.05. The van der Waals surface area contributed by atoms with E-state index >= 15 is 0 Å². The SMILES string of the molecule is [Na+].[O-]C1CCCCCCC1. The smallest absolute Gasteiger partial charge is 0.852 e. The molecule has 1 saturated carbocycles. The molecule has 0 heterocycles. The predicted octanol–water partition coefficient (Wildman–Crippen LogP) is -1.54. The Morgan fingerprint density at radius 3 is 1.70 bits per heavy atom. The fourth-order valence-corrected chi connectivity index (χ4v) is 1.42. The Labute approximate surface area is 85.5 Å². The second-order valence-corrected chi connectivity index (χ2v) is 2.97. The molecule has 1 fully saturated rings. The zero-order valence-corrected chi connectivity index (χ0v) is 8.94. The molecular formula is C8H15NaO. The molecule has 1 rings (SSSR count). The van der Waals surface area contributed by atoms with Crippen LogP contribution in [0.2, 0.25) is 0 Å². The van der Waals surface area contributed by atoms with Crippen molar-refractivity contribution < 1.29 is 34.7 Å². The van der Waals surface area contributed by atoms with Crippen LogP contribution in [0.5, 0.6) is 0 Å². The molecule has 0 aliphatic heterocycles. The van der Waals surface area contributed by atoms with E-state index in [-0.39, 0.29) is 35.7 Å². The standard InChI is InChI=1S/C8H15O.Na/c9-8-6-4-2-1-3-5-7-8;/h8H,1-7H2;/q-1;+1. The van der Waals surface area contributed by atoms with Crippen LogP contribution in [-0.4, -0.2) is 6.10 Å². The second kappa shape index (κ2) is 6.66. The van der Waals surface area contributed by atoms with Crippen LogP contribution in [0.15, 0.2) is 0 Å². The van der Waals surface area contributed by atoms with Crippen LogP contribution in [0.25, 0.3) is 0 Å². The molecule has 0 aromatic heterocycles. The van der Waals surface area contributed by atoms with Crippen LogP contribution in [0.3, 0.4) is 0 Å². The summed E-state index contributed by atoms with van der Waals surface area (Å²) in [7, 11) is 0. The van der Waals surface area contributed by atoms with Gasteiger partial charge in [0.05, 0.1) is 0 Å². The fraction of sp³-hybridized carbons (Fsp3) is 1.00. The second-order valence-electron chi connectivity index (χ2n) is 2.97. The molecule has 54 valence electrons. The quantitative estimate of drug-likeness (QED) is 0.384. The Hall–Kier alpha value is 0.960. The molecule has 0 bridgehead atoms. The summed E-state index contributed by atoms with van der Waals surface area (Å²) in [4.78, 5) is 0. The van der Waals surface area contributed by atoms with Gasteiger partial charge < -0.3 is 5.11 Å². The molecular weight excluding hydrogens is 135 g/mol. The third-order valence-corrected chi connectivity index (χ3v) is 2.05. The van der Waals surface area contributed by atoms with Gasteiger partial charge in [0.15, 0.2) is 0 Å². The predicted molar refractivity (Wildman–Crippen MR) is 36.1 cm³/mol. The first-order valence-corrected chi connectivity index (χ1v) is 4.05. The third kappa shape index (κ3) is 4.73. The van der Waals surface area contributed by atoms with Gasteiger partial charge in [-0.3, -0.25) is 0 Å². The van der Waals surface area contributed by atoms with E-state index in [2.05, 4.69) is 0 Å². The van der Waals surface area contributed by atoms with Crippen molar-refractivity contribution in [2.75, 3.05) is 0 Å². The van der Waals surface area contributed by atoms with Crippen molar-refractivity contribution in [1.29, 1.82) is 0 Å². The minimum atomic E-state index is -0.231. The van der Waals surface area contributed by atoms with E-state index < -0.39 is 0 Å². The monoisotopic (exact) mass is 150 g/mol. The first-order chi connectivity index (χ1) is 4.39. The molecule has 10 heavy (non-hydrogen) atoms. The largest absolute Gasteiger partial charge is 1.00 e. The number of rotatable bonds is 0. The summed E-state index contributed by atoms with van der Waals surface area (Å²) >= 11 is 0. The van der Waals surface area contributed by atoms with Crippen molar-refractivity contribution >= 4 is 0 Å². The molecule has 0 aromatic rings. The van der Waals surface area contributed by atoms with E-state index in [1.54, 1.807) is 0 Å². The molecule has 0 spiro atoms. The molecule has 0 radical (unpaired) electrons. The van der Waals surface area contributed by atoms with E-state index in [1.807, 2.05) is 0 Å². The molecule has 0 N–H and O–H groups in total. The Morgan fingerprint density at radius 2 is 1.20 bits per heavy atom. The maximum atomic E-state index is 10.9. The summed E-state index contributed by atoms with van der Waals surface area (Å²) in [5.41, 5.74) is 0. The molecule has 0 saturated heterocycles. The first kappa shape index (κ1) is 11.0. The summed E-state index contributed by atoms with van der Waals surface area (Å²) in [5.74, 6) is 0. The number of hydrogen-bond acceptors (Lipinski definition) is 1. The minimum Gasteiger partial charge on any atom is -0.852 e. The average molecular weight is 150 g/mol. The first-order valence-electron chi connectivity index (χ1n) is 4.05. The normalized spacial score (nSPS) is 22.5. The van der Waals surface area contributed by atoms with E-state index in [1.165, 1.54) is 32.1 Å². The van der Waals surface area contributed by atoms with Gasteiger partial charge in [-0.25, -0.2) is 0 Å². The number of hydrogen-bond donors (Lipinski definition) is 0. The minimum absolute atomic E-state index is 0. The summed E-state index contributed by atoms with van der Waals surface area (Å²) in [5, 5.41) is 10.9. The van der Waals surface area contributed by atoms with Crippen LogP contribution in [0.4, 0.5) is 0 Å². The maximum Gasteiger partial charge on any atom is 1.00 e. The van der Waals surface area contributed by atoms with Crippen molar-refractivity contribution in [3.63, 3.8) is 0 Å². The van der Waals surface area contributed by atoms with E-state index in [0.717, 1.165) is 12.8 Å². The van der Waals surface area contributed by atoms with Gasteiger partial charge in [0.2, 0.25) is 0 Å². The van der Waals surface area contributed by atoms with Crippen molar-refractivity contribution in [3.8, 4) is 0 Å². The maximum absolute atomic E-state index is 10.9. The zero-order chi connectivity index (χ0) is 6.53. The summed E-state index contributed by atoms with van der Waals surface area (Å²) in [6, 6.07) is 0. The van der Waals surface area contributed by atoms with Crippen LogP contribution in [0, 0.1) is 0 Å². The van der Waals surface area contributed by atoms with Gasteiger partial charge in [-0.1, -0.05) is 44.9 Å². The zero-order valence-electron chi connectivity index (χ0n) is 6.94. The fourth-order valence-electron chi connectivity index (χ4n) is 1.42. The van der Waals surface area contributed by atoms with Crippen molar-refractivity contribution in [2.45, 2.75) is 51.0 Å². The van der Waals surface area contributed by atoms with E-state index in [0.29, 0.717) is 0 Å². The van der Waals surface area contributed by atoms with Crippen molar-refractivity contribution in [2.24, 2.45) is 0 Å². The van der Waals surface area contributed by atoms with E-state index in [9.17, 15) is 5.11 Å². The van der Waals surface area contributed by atoms with Gasteiger partial charge in [0.1, 0.15) is 0 Å². The van der Waals surface area contributed by atoms with Gasteiger partial charge >= 0.3 is 29.6 Å². The van der Waals surface area contributed by atoms with Crippen LogP contribution in [0.1, 0.15) is 44.9 Å². The van der Waals surface area contributed by atoms with Crippen LogP contribution >= 0.6 is 0 Å². The molecule has 1 nitrogen and oxygen atoms in total. The summed E-state index contributed by atoms with van der Waals surface area (Å²) in [6.45, 7) is 0. The van der Waals surface area contributed by atoms with E-state index in [4.69, 9.17) is 0 Å². The molecule has 0 atom stereocenters. The van der Waals surface area contributed by atoms with Gasteiger partial charge in [0.25, 0.3) is 0 Å². The van der Waals surface area contributed by atoms with Crippen LogP contribution in [-0.2, 0) is 0 Å². The van der Waals surface area contributed by atoms with Gasteiger partial charge in [-0.15, -0.1) is 6.10 Å². The van der Waals surface area contributed by atoms with Crippen molar-refractivity contribution in [3.05, 3.63) is 0 Å². The molecule has 1 aliphatic carbocycles.